The van der Waals surface area contributed by atoms with Crippen LogP contribution in [0.15, 0.2) is 0 Å². The van der Waals surface area contributed by atoms with E-state index in [2.05, 4.69) is 38.3 Å². The average molecular weight is 210 g/mol. The van der Waals surface area contributed by atoms with Gasteiger partial charge in [0.1, 0.15) is 0 Å². The molecule has 2 heteroatoms. The number of rotatable bonds is 4. The summed E-state index contributed by atoms with van der Waals surface area (Å²) in [5, 5.41) is 7.57. The van der Waals surface area contributed by atoms with Gasteiger partial charge in [-0.1, -0.05) is 27.7 Å². The minimum absolute atomic E-state index is 0.420. The Kier molecular flexibility index (Phi) is 2.85. The van der Waals surface area contributed by atoms with E-state index in [4.69, 9.17) is 0 Å². The normalized spacial score (nSPS) is 39.6. The van der Waals surface area contributed by atoms with Gasteiger partial charge in [-0.25, -0.2) is 0 Å². The highest BCUT2D eigenvalue weighted by molar-refractivity contribution is 5.16. The summed E-state index contributed by atoms with van der Waals surface area (Å²) < 4.78 is 0. The molecule has 0 aromatic rings. The van der Waals surface area contributed by atoms with Crippen LogP contribution in [0.1, 0.15) is 47.0 Å². The number of nitrogens with one attached hydrogen (secondary N) is 2. The third-order valence-electron chi connectivity index (χ3n) is 3.88. The van der Waals surface area contributed by atoms with Crippen LogP contribution in [0, 0.1) is 11.8 Å². The maximum Gasteiger partial charge on any atom is 0.0327 e. The van der Waals surface area contributed by atoms with Gasteiger partial charge in [0.25, 0.3) is 0 Å². The first-order valence-corrected chi connectivity index (χ1v) is 6.45. The highest BCUT2D eigenvalue weighted by atomic mass is 15.2. The molecule has 0 radical (unpaired) electrons. The average Bonchev–Trinajstić information content (AvgIpc) is 2.56. The van der Waals surface area contributed by atoms with E-state index in [9.17, 15) is 0 Å². The Hall–Kier alpha value is -0.0800. The summed E-state index contributed by atoms with van der Waals surface area (Å²) in [5.74, 6) is 1.60. The van der Waals surface area contributed by atoms with Crippen molar-refractivity contribution in [3.8, 4) is 0 Å². The molecule has 2 atom stereocenters. The van der Waals surface area contributed by atoms with Crippen molar-refractivity contribution in [2.45, 2.75) is 58.0 Å². The largest absolute Gasteiger partial charge is 0.308 e. The van der Waals surface area contributed by atoms with Gasteiger partial charge >= 0.3 is 0 Å². The van der Waals surface area contributed by atoms with Crippen molar-refractivity contribution in [2.24, 2.45) is 11.8 Å². The fourth-order valence-corrected chi connectivity index (χ4v) is 3.73. The summed E-state index contributed by atoms with van der Waals surface area (Å²) in [4.78, 5) is 0. The highest BCUT2D eigenvalue weighted by Crippen LogP contribution is 2.41. The van der Waals surface area contributed by atoms with Gasteiger partial charge in [-0.15, -0.1) is 0 Å². The molecule has 2 heterocycles. The van der Waals surface area contributed by atoms with E-state index in [-0.39, 0.29) is 0 Å². The molecule has 2 nitrogen and oxygen atoms in total. The molecule has 2 bridgehead atoms. The standard InChI is InChI=1S/C13H26N2/c1-10(2)5-12-7-13(9-14-12,15-8-12)6-11(3)4/h10-11,14-15H,5-9H2,1-4H3. The van der Waals surface area contributed by atoms with E-state index in [1.165, 1.54) is 32.4 Å². The molecule has 0 saturated carbocycles. The van der Waals surface area contributed by atoms with Crippen LogP contribution in [0.2, 0.25) is 0 Å². The number of fused-ring (bicyclic) bond motifs is 2. The Morgan fingerprint density at radius 1 is 0.867 bits per heavy atom. The fraction of sp³-hybridized carbons (Fsp3) is 1.00. The van der Waals surface area contributed by atoms with E-state index < -0.39 is 0 Å². The van der Waals surface area contributed by atoms with Crippen molar-refractivity contribution in [3.05, 3.63) is 0 Å². The van der Waals surface area contributed by atoms with Crippen molar-refractivity contribution in [1.82, 2.24) is 10.6 Å². The van der Waals surface area contributed by atoms with Crippen molar-refractivity contribution in [3.63, 3.8) is 0 Å². The second kappa shape index (κ2) is 3.74. The molecule has 2 aliphatic heterocycles. The number of piperazine rings is 1. The SMILES string of the molecule is CC(C)CC12CNC(CC(C)C)(CN1)C2. The third kappa shape index (κ3) is 2.21. The van der Waals surface area contributed by atoms with Crippen LogP contribution in [-0.2, 0) is 0 Å². The Morgan fingerprint density at radius 3 is 1.53 bits per heavy atom. The van der Waals surface area contributed by atoms with Crippen LogP contribution < -0.4 is 10.6 Å². The lowest BCUT2D eigenvalue weighted by atomic mass is 9.83. The monoisotopic (exact) mass is 210 g/mol. The van der Waals surface area contributed by atoms with Crippen molar-refractivity contribution < 1.29 is 0 Å². The molecule has 88 valence electrons. The molecule has 0 aliphatic carbocycles. The molecule has 2 N–H and O–H groups in total. The van der Waals surface area contributed by atoms with E-state index in [0.29, 0.717) is 11.1 Å². The molecule has 0 aromatic carbocycles. The van der Waals surface area contributed by atoms with Crippen LogP contribution in [0.5, 0.6) is 0 Å². The molecule has 2 unspecified atom stereocenters. The summed E-state index contributed by atoms with van der Waals surface area (Å²) >= 11 is 0. The Morgan fingerprint density at radius 2 is 1.27 bits per heavy atom. The van der Waals surface area contributed by atoms with Crippen LogP contribution in [0.25, 0.3) is 0 Å². The van der Waals surface area contributed by atoms with Gasteiger partial charge in [0.15, 0.2) is 0 Å². The van der Waals surface area contributed by atoms with Crippen LogP contribution in [0.3, 0.4) is 0 Å². The predicted octanol–water partition coefficient (Wildman–Crippen LogP) is 2.15. The van der Waals surface area contributed by atoms with E-state index >= 15 is 0 Å². The fourth-order valence-electron chi connectivity index (χ4n) is 3.73. The van der Waals surface area contributed by atoms with E-state index in [1.807, 2.05) is 0 Å². The number of hydrogen-bond donors (Lipinski definition) is 2. The Labute approximate surface area is 94.2 Å². The molecule has 2 aliphatic rings. The van der Waals surface area contributed by atoms with Crippen LogP contribution in [0.4, 0.5) is 0 Å². The first-order chi connectivity index (χ1) is 6.95. The summed E-state index contributed by atoms with van der Waals surface area (Å²) in [6.07, 6.45) is 3.98. The summed E-state index contributed by atoms with van der Waals surface area (Å²) in [5.41, 5.74) is 0.839. The van der Waals surface area contributed by atoms with Gasteiger partial charge in [0, 0.05) is 24.2 Å². The van der Waals surface area contributed by atoms with E-state index in [0.717, 1.165) is 11.8 Å². The molecule has 2 fully saturated rings. The van der Waals surface area contributed by atoms with Crippen molar-refractivity contribution >= 4 is 0 Å². The molecule has 0 spiro atoms. The molecule has 2 saturated heterocycles. The molecular weight excluding hydrogens is 184 g/mol. The van der Waals surface area contributed by atoms with Gasteiger partial charge in [-0.3, -0.25) is 0 Å². The van der Waals surface area contributed by atoms with E-state index in [1.54, 1.807) is 0 Å². The lowest BCUT2D eigenvalue weighted by Gasteiger charge is -2.32. The zero-order valence-corrected chi connectivity index (χ0v) is 10.7. The molecule has 15 heavy (non-hydrogen) atoms. The molecule has 0 aromatic heterocycles. The summed E-state index contributed by atoms with van der Waals surface area (Å²) in [7, 11) is 0. The first-order valence-electron chi connectivity index (χ1n) is 6.45. The second-order valence-corrected chi connectivity index (χ2v) is 6.64. The smallest absolute Gasteiger partial charge is 0.0327 e. The number of hydrogen-bond acceptors (Lipinski definition) is 2. The predicted molar refractivity (Wildman–Crippen MR) is 65.0 cm³/mol. The first kappa shape index (κ1) is 11.4. The minimum atomic E-state index is 0.420. The minimum Gasteiger partial charge on any atom is -0.308 e. The zero-order valence-electron chi connectivity index (χ0n) is 10.7. The van der Waals surface area contributed by atoms with Gasteiger partial charge in [-0.2, -0.15) is 0 Å². The lowest BCUT2D eigenvalue weighted by Crippen LogP contribution is -2.54. The quantitative estimate of drug-likeness (QED) is 0.743. The summed E-state index contributed by atoms with van der Waals surface area (Å²) in [6, 6.07) is 0. The van der Waals surface area contributed by atoms with Crippen molar-refractivity contribution in [2.75, 3.05) is 13.1 Å². The molecule has 0 amide bonds. The lowest BCUT2D eigenvalue weighted by molar-refractivity contribution is 0.287. The Balaban J connectivity index is 2.01. The molecule has 2 rings (SSSR count). The maximum absolute atomic E-state index is 3.78. The molecular formula is C13H26N2. The van der Waals surface area contributed by atoms with Gasteiger partial charge in [-0.05, 0) is 31.1 Å². The third-order valence-corrected chi connectivity index (χ3v) is 3.88. The zero-order chi connectivity index (χ0) is 11.1. The van der Waals surface area contributed by atoms with Crippen LogP contribution in [-0.4, -0.2) is 24.2 Å². The highest BCUT2D eigenvalue weighted by Gasteiger charge is 2.53. The summed E-state index contributed by atoms with van der Waals surface area (Å²) in [6.45, 7) is 11.7. The second-order valence-electron chi connectivity index (χ2n) is 6.64. The van der Waals surface area contributed by atoms with Gasteiger partial charge in [0.2, 0.25) is 0 Å². The maximum atomic E-state index is 3.78. The Bertz CT molecular complexity index is 201. The van der Waals surface area contributed by atoms with Gasteiger partial charge in [0.05, 0.1) is 0 Å². The van der Waals surface area contributed by atoms with Crippen molar-refractivity contribution in [1.29, 1.82) is 0 Å². The van der Waals surface area contributed by atoms with Crippen LogP contribution >= 0.6 is 0 Å². The van der Waals surface area contributed by atoms with Gasteiger partial charge < -0.3 is 10.6 Å². The topological polar surface area (TPSA) is 24.1 Å².